The van der Waals surface area contributed by atoms with Crippen LogP contribution in [0.25, 0.3) is 0 Å². The van der Waals surface area contributed by atoms with E-state index in [9.17, 15) is 8.78 Å². The van der Waals surface area contributed by atoms with Gasteiger partial charge in [0.1, 0.15) is 0 Å². The van der Waals surface area contributed by atoms with Crippen LogP contribution in [0.3, 0.4) is 0 Å². The molecule has 3 N–H and O–H groups in total. The minimum Gasteiger partial charge on any atom is -0.327 e. The number of hydrogen-bond donors (Lipinski definition) is 2. The highest BCUT2D eigenvalue weighted by atomic mass is 31.0. The second-order valence-corrected chi connectivity index (χ2v) is 5.80. The smallest absolute Gasteiger partial charge is 0.274 e. The van der Waals surface area contributed by atoms with E-state index in [1.807, 2.05) is 0 Å². The molecule has 0 aromatic rings. The first-order chi connectivity index (χ1) is 6.88. The van der Waals surface area contributed by atoms with Crippen LogP contribution in [0, 0.1) is 5.92 Å². The van der Waals surface area contributed by atoms with Crippen LogP contribution in [-0.2, 0) is 0 Å². The highest BCUT2D eigenvalue weighted by molar-refractivity contribution is 7.19. The largest absolute Gasteiger partial charge is 0.327 e. The van der Waals surface area contributed by atoms with Crippen molar-refractivity contribution in [2.75, 3.05) is 6.54 Å². The van der Waals surface area contributed by atoms with E-state index in [1.165, 1.54) is 0 Å². The number of hydrogen-bond acceptors (Lipinski definition) is 2. The van der Waals surface area contributed by atoms with Crippen molar-refractivity contribution in [2.24, 2.45) is 11.7 Å². The molecule has 0 aliphatic carbocycles. The minimum atomic E-state index is -2.79. The number of nitrogens with one attached hydrogen (secondary N) is 1. The van der Waals surface area contributed by atoms with Crippen LogP contribution >= 0.6 is 18.5 Å². The van der Waals surface area contributed by atoms with Crippen LogP contribution in [0.2, 0.25) is 0 Å². The molecule has 6 atom stereocenters. The Balaban J connectivity index is 2.64. The predicted octanol–water partition coefficient (Wildman–Crippen LogP) is 1.41. The lowest BCUT2D eigenvalue weighted by atomic mass is 9.86. The third-order valence-corrected chi connectivity index (χ3v) is 4.24. The lowest BCUT2D eigenvalue weighted by molar-refractivity contribution is 0.0372. The first-order valence-electron chi connectivity index (χ1n) is 5.29. The van der Waals surface area contributed by atoms with Crippen molar-refractivity contribution < 1.29 is 8.78 Å². The summed E-state index contributed by atoms with van der Waals surface area (Å²) in [5.41, 5.74) is 2.93. The molecule has 0 amide bonds. The average Bonchev–Trinajstić information content (AvgIpc) is 2.11. The lowest BCUT2D eigenvalue weighted by Crippen LogP contribution is -2.62. The van der Waals surface area contributed by atoms with E-state index >= 15 is 0 Å². The fourth-order valence-corrected chi connectivity index (χ4v) is 3.41. The summed E-state index contributed by atoms with van der Waals surface area (Å²) >= 11 is 0. The van der Waals surface area contributed by atoms with Gasteiger partial charge in [0, 0.05) is 11.7 Å². The molecule has 0 aromatic heterocycles. The summed E-state index contributed by atoms with van der Waals surface area (Å²) in [6.45, 7) is 2.68. The maximum Gasteiger partial charge on any atom is 0.274 e. The van der Waals surface area contributed by atoms with E-state index in [0.717, 1.165) is 12.8 Å². The van der Waals surface area contributed by atoms with Crippen molar-refractivity contribution in [3.8, 4) is 0 Å². The third kappa shape index (κ3) is 3.30. The van der Waals surface area contributed by atoms with Crippen LogP contribution in [0.4, 0.5) is 8.78 Å². The van der Waals surface area contributed by atoms with E-state index in [4.69, 9.17) is 5.73 Å². The molecule has 6 heteroatoms. The Kier molecular flexibility index (Phi) is 4.85. The van der Waals surface area contributed by atoms with E-state index in [2.05, 4.69) is 21.5 Å². The van der Waals surface area contributed by atoms with E-state index < -0.39 is 11.7 Å². The molecule has 6 unspecified atom stereocenters. The van der Waals surface area contributed by atoms with Crippen LogP contribution < -0.4 is 11.1 Å². The predicted molar refractivity (Wildman–Crippen MR) is 66.3 cm³/mol. The van der Waals surface area contributed by atoms with Crippen molar-refractivity contribution in [1.29, 1.82) is 0 Å². The average molecular weight is 256 g/mol. The Bertz CT molecular complexity index is 211. The molecule has 0 aromatic carbocycles. The molecule has 0 radical (unpaired) electrons. The molecule has 1 rings (SSSR count). The second kappa shape index (κ2) is 5.31. The third-order valence-electron chi connectivity index (χ3n) is 3.05. The monoisotopic (exact) mass is 256 g/mol. The zero-order valence-corrected chi connectivity index (χ0v) is 11.2. The number of halogens is 2. The van der Waals surface area contributed by atoms with Gasteiger partial charge in [-0.25, -0.2) is 8.78 Å². The molecule has 0 saturated carbocycles. The molecule has 0 bridgehead atoms. The van der Waals surface area contributed by atoms with Gasteiger partial charge in [-0.1, -0.05) is 22.6 Å². The molecule has 15 heavy (non-hydrogen) atoms. The summed E-state index contributed by atoms with van der Waals surface area (Å²) in [6, 6.07) is -1.01. The summed E-state index contributed by atoms with van der Waals surface area (Å²) in [7, 11) is 4.06. The van der Waals surface area contributed by atoms with E-state index in [0.29, 0.717) is 12.5 Å². The fourth-order valence-electron chi connectivity index (χ4n) is 2.14. The van der Waals surface area contributed by atoms with Crippen molar-refractivity contribution in [3.05, 3.63) is 0 Å². The first kappa shape index (κ1) is 13.7. The Morgan fingerprint density at radius 2 is 2.13 bits per heavy atom. The van der Waals surface area contributed by atoms with Gasteiger partial charge in [-0.2, -0.15) is 0 Å². The van der Waals surface area contributed by atoms with Gasteiger partial charge in [0.2, 0.25) is 0 Å². The molecular formula is C9H20F2N2P2. The maximum absolute atomic E-state index is 13.2. The summed E-state index contributed by atoms with van der Waals surface area (Å²) < 4.78 is 26.4. The summed E-state index contributed by atoms with van der Waals surface area (Å²) in [5.74, 6) is 0.307. The Morgan fingerprint density at radius 3 is 2.60 bits per heavy atom. The summed E-state index contributed by atoms with van der Waals surface area (Å²) in [4.78, 5) is 0. The molecule has 1 saturated heterocycles. The zero-order valence-electron chi connectivity index (χ0n) is 8.92. The maximum atomic E-state index is 13.2. The van der Waals surface area contributed by atoms with Gasteiger partial charge in [-0.3, -0.25) is 0 Å². The molecule has 1 heterocycles. The molecule has 1 aliphatic rings. The van der Waals surface area contributed by atoms with Gasteiger partial charge in [0.15, 0.2) is 0 Å². The molecule has 2 nitrogen and oxygen atoms in total. The van der Waals surface area contributed by atoms with E-state index in [1.54, 1.807) is 9.24 Å². The zero-order chi connectivity index (χ0) is 11.6. The molecular weight excluding hydrogens is 236 g/mol. The van der Waals surface area contributed by atoms with Crippen LogP contribution in [0.5, 0.6) is 0 Å². The standard InChI is InChI=1S/C9H20F2N2P2/c1-2-3-5-4-13-8(9(10,11)15)7(14)6(5)12/h5-8,13H,2-4,12,14-15H2,1H3. The molecule has 0 spiro atoms. The van der Waals surface area contributed by atoms with Gasteiger partial charge in [0.25, 0.3) is 5.66 Å². The number of alkyl halides is 2. The van der Waals surface area contributed by atoms with Crippen LogP contribution in [0.1, 0.15) is 19.8 Å². The van der Waals surface area contributed by atoms with Crippen LogP contribution in [-0.4, -0.2) is 30.0 Å². The van der Waals surface area contributed by atoms with Crippen molar-refractivity contribution >= 4 is 18.5 Å². The molecule has 1 fully saturated rings. The van der Waals surface area contributed by atoms with Gasteiger partial charge in [0.05, 0.1) is 6.04 Å². The second-order valence-electron chi connectivity index (χ2n) is 4.26. The van der Waals surface area contributed by atoms with Gasteiger partial charge in [-0.05, 0) is 18.9 Å². The normalized spacial score (nSPS) is 38.0. The first-order valence-corrected chi connectivity index (χ1v) is 6.53. The highest BCUT2D eigenvalue weighted by Crippen LogP contribution is 2.36. The fraction of sp³-hybridized carbons (Fsp3) is 1.00. The van der Waals surface area contributed by atoms with Gasteiger partial charge >= 0.3 is 0 Å². The van der Waals surface area contributed by atoms with E-state index in [-0.39, 0.29) is 11.7 Å². The summed E-state index contributed by atoms with van der Waals surface area (Å²) in [5, 5.41) is 2.90. The minimum absolute atomic E-state index is 0.160. The topological polar surface area (TPSA) is 38.0 Å². The van der Waals surface area contributed by atoms with Crippen molar-refractivity contribution in [3.63, 3.8) is 0 Å². The number of nitrogens with two attached hydrogens (primary N) is 1. The van der Waals surface area contributed by atoms with Crippen molar-refractivity contribution in [1.82, 2.24) is 5.32 Å². The lowest BCUT2D eigenvalue weighted by Gasteiger charge is -2.42. The number of rotatable bonds is 3. The van der Waals surface area contributed by atoms with Crippen molar-refractivity contribution in [2.45, 2.75) is 43.2 Å². The quantitative estimate of drug-likeness (QED) is 0.749. The Morgan fingerprint density at radius 1 is 1.53 bits per heavy atom. The van der Waals surface area contributed by atoms with Crippen LogP contribution in [0.15, 0.2) is 0 Å². The van der Waals surface area contributed by atoms with Gasteiger partial charge in [-0.15, -0.1) is 9.24 Å². The Hall–Kier alpha value is 0.640. The molecule has 1 aliphatic heterocycles. The SMILES string of the molecule is CCCC1CNC(C(F)(F)P)C(P)C1N. The number of piperidine rings is 1. The van der Waals surface area contributed by atoms with Gasteiger partial charge < -0.3 is 11.1 Å². The molecule has 90 valence electrons. The highest BCUT2D eigenvalue weighted by Gasteiger charge is 2.45. The Labute approximate surface area is 94.5 Å². The summed E-state index contributed by atoms with van der Waals surface area (Å²) in [6.07, 6.45) is 2.04.